The molecule has 1 aromatic rings. The molecule has 16 heavy (non-hydrogen) atoms. The normalized spacial score (nSPS) is 25.9. The van der Waals surface area contributed by atoms with Crippen LogP contribution < -0.4 is 5.32 Å². The molecule has 1 fully saturated rings. The van der Waals surface area contributed by atoms with Crippen LogP contribution in [-0.4, -0.2) is 22.3 Å². The quantitative estimate of drug-likeness (QED) is 0.813. The Hall–Kier alpha value is -0.800. The van der Waals surface area contributed by atoms with E-state index in [1.165, 1.54) is 18.5 Å². The minimum absolute atomic E-state index is 0.0378. The lowest BCUT2D eigenvalue weighted by Gasteiger charge is -2.25. The standard InChI is InChI=1S/C13H22N2O/c1-15-8-2-3-12(15)10-14-9-11-4-6-13(16)7-5-11/h2-3,8,11,13-14,16H,4-7,9-10H2,1H3. The van der Waals surface area contributed by atoms with Gasteiger partial charge in [-0.05, 0) is 50.3 Å². The van der Waals surface area contributed by atoms with E-state index in [-0.39, 0.29) is 6.10 Å². The molecule has 0 aromatic carbocycles. The molecule has 3 heteroatoms. The number of rotatable bonds is 4. The third-order valence-electron chi connectivity index (χ3n) is 3.61. The summed E-state index contributed by atoms with van der Waals surface area (Å²) in [6.45, 7) is 2.03. The topological polar surface area (TPSA) is 37.2 Å². The lowest BCUT2D eigenvalue weighted by atomic mass is 9.87. The van der Waals surface area contributed by atoms with Gasteiger partial charge in [0.1, 0.15) is 0 Å². The van der Waals surface area contributed by atoms with E-state index >= 15 is 0 Å². The van der Waals surface area contributed by atoms with E-state index in [1.54, 1.807) is 0 Å². The van der Waals surface area contributed by atoms with Crippen LogP contribution in [0.5, 0.6) is 0 Å². The summed E-state index contributed by atoms with van der Waals surface area (Å²) in [7, 11) is 2.08. The van der Waals surface area contributed by atoms with Crippen molar-refractivity contribution in [2.75, 3.05) is 6.54 Å². The molecular formula is C13H22N2O. The average Bonchev–Trinajstić information content (AvgIpc) is 2.68. The zero-order valence-electron chi connectivity index (χ0n) is 10.0. The second kappa shape index (κ2) is 5.51. The van der Waals surface area contributed by atoms with Crippen molar-refractivity contribution < 1.29 is 5.11 Å². The molecule has 1 aliphatic carbocycles. The fraction of sp³-hybridized carbons (Fsp3) is 0.692. The molecule has 1 saturated carbocycles. The molecule has 1 aliphatic rings. The van der Waals surface area contributed by atoms with Crippen molar-refractivity contribution in [3.05, 3.63) is 24.0 Å². The minimum Gasteiger partial charge on any atom is -0.393 e. The van der Waals surface area contributed by atoms with Gasteiger partial charge in [0.05, 0.1) is 6.10 Å². The van der Waals surface area contributed by atoms with Gasteiger partial charge in [-0.1, -0.05) is 0 Å². The first kappa shape index (κ1) is 11.7. The highest BCUT2D eigenvalue weighted by Gasteiger charge is 2.18. The second-order valence-corrected chi connectivity index (χ2v) is 4.92. The molecule has 90 valence electrons. The van der Waals surface area contributed by atoms with Gasteiger partial charge in [0.15, 0.2) is 0 Å². The highest BCUT2D eigenvalue weighted by molar-refractivity contribution is 5.05. The van der Waals surface area contributed by atoms with Crippen molar-refractivity contribution in [1.82, 2.24) is 9.88 Å². The highest BCUT2D eigenvalue weighted by atomic mass is 16.3. The predicted octanol–water partition coefficient (Wildman–Crippen LogP) is 1.67. The Morgan fingerprint density at radius 2 is 2.12 bits per heavy atom. The van der Waals surface area contributed by atoms with Crippen LogP contribution in [0.15, 0.2) is 18.3 Å². The zero-order valence-corrected chi connectivity index (χ0v) is 10.0. The lowest BCUT2D eigenvalue weighted by molar-refractivity contribution is 0.108. The molecule has 2 N–H and O–H groups in total. The van der Waals surface area contributed by atoms with Crippen LogP contribution in [-0.2, 0) is 13.6 Å². The molecule has 0 unspecified atom stereocenters. The summed E-state index contributed by atoms with van der Waals surface area (Å²) in [6, 6.07) is 4.23. The van der Waals surface area contributed by atoms with Crippen LogP contribution in [0.25, 0.3) is 0 Å². The number of nitrogens with one attached hydrogen (secondary N) is 1. The molecule has 0 aliphatic heterocycles. The molecule has 1 aromatic heterocycles. The van der Waals surface area contributed by atoms with Gasteiger partial charge in [-0.25, -0.2) is 0 Å². The van der Waals surface area contributed by atoms with E-state index in [1.807, 2.05) is 0 Å². The molecular weight excluding hydrogens is 200 g/mol. The van der Waals surface area contributed by atoms with E-state index in [0.717, 1.165) is 31.8 Å². The van der Waals surface area contributed by atoms with Gasteiger partial charge < -0.3 is 15.0 Å². The van der Waals surface area contributed by atoms with Gasteiger partial charge >= 0.3 is 0 Å². The molecule has 0 amide bonds. The van der Waals surface area contributed by atoms with Crippen molar-refractivity contribution >= 4 is 0 Å². The van der Waals surface area contributed by atoms with Crippen molar-refractivity contribution in [3.8, 4) is 0 Å². The van der Waals surface area contributed by atoms with E-state index in [4.69, 9.17) is 0 Å². The summed E-state index contributed by atoms with van der Waals surface area (Å²) in [6.07, 6.45) is 6.34. The van der Waals surface area contributed by atoms with Gasteiger partial charge in [0.25, 0.3) is 0 Å². The largest absolute Gasteiger partial charge is 0.393 e. The minimum atomic E-state index is -0.0378. The molecule has 0 radical (unpaired) electrons. The maximum atomic E-state index is 9.42. The summed E-state index contributed by atoms with van der Waals surface area (Å²) in [4.78, 5) is 0. The van der Waals surface area contributed by atoms with Crippen LogP contribution in [0, 0.1) is 5.92 Å². The SMILES string of the molecule is Cn1cccc1CNCC1CCC(O)CC1. The van der Waals surface area contributed by atoms with Gasteiger partial charge in [0.2, 0.25) is 0 Å². The first-order valence-electron chi connectivity index (χ1n) is 6.24. The predicted molar refractivity (Wildman–Crippen MR) is 65.1 cm³/mol. The number of aromatic nitrogens is 1. The average molecular weight is 222 g/mol. The van der Waals surface area contributed by atoms with Crippen molar-refractivity contribution in [1.29, 1.82) is 0 Å². The third kappa shape index (κ3) is 3.09. The fourth-order valence-corrected chi connectivity index (χ4v) is 2.43. The Bertz CT molecular complexity index is 313. The first-order chi connectivity index (χ1) is 7.75. The lowest BCUT2D eigenvalue weighted by Crippen LogP contribution is -2.28. The zero-order chi connectivity index (χ0) is 11.4. The van der Waals surface area contributed by atoms with Crippen LogP contribution in [0.2, 0.25) is 0 Å². The van der Waals surface area contributed by atoms with Gasteiger partial charge in [-0.3, -0.25) is 0 Å². The van der Waals surface area contributed by atoms with Crippen molar-refractivity contribution in [2.24, 2.45) is 13.0 Å². The Kier molecular flexibility index (Phi) is 4.02. The molecule has 0 atom stereocenters. The van der Waals surface area contributed by atoms with Crippen molar-refractivity contribution in [3.63, 3.8) is 0 Å². The summed E-state index contributed by atoms with van der Waals surface area (Å²) in [5.74, 6) is 0.753. The summed E-state index contributed by atoms with van der Waals surface area (Å²) in [5.41, 5.74) is 1.33. The van der Waals surface area contributed by atoms with Gasteiger partial charge in [0, 0.05) is 25.5 Å². The van der Waals surface area contributed by atoms with E-state index < -0.39 is 0 Å². The van der Waals surface area contributed by atoms with Gasteiger partial charge in [-0.15, -0.1) is 0 Å². The molecule has 0 spiro atoms. The first-order valence-corrected chi connectivity index (χ1v) is 6.24. The molecule has 0 saturated heterocycles. The Morgan fingerprint density at radius 3 is 2.75 bits per heavy atom. The second-order valence-electron chi connectivity index (χ2n) is 4.92. The highest BCUT2D eigenvalue weighted by Crippen LogP contribution is 2.23. The Morgan fingerprint density at radius 1 is 1.38 bits per heavy atom. The summed E-state index contributed by atoms with van der Waals surface area (Å²) >= 11 is 0. The smallest absolute Gasteiger partial charge is 0.0540 e. The summed E-state index contributed by atoms with van der Waals surface area (Å²) < 4.78 is 2.15. The maximum Gasteiger partial charge on any atom is 0.0540 e. The third-order valence-corrected chi connectivity index (χ3v) is 3.61. The van der Waals surface area contributed by atoms with Crippen LogP contribution >= 0.6 is 0 Å². The fourth-order valence-electron chi connectivity index (χ4n) is 2.43. The monoisotopic (exact) mass is 222 g/mol. The number of aliphatic hydroxyl groups is 1. The number of nitrogens with zero attached hydrogens (tertiary/aromatic N) is 1. The number of aryl methyl sites for hydroxylation is 1. The molecule has 0 bridgehead atoms. The Balaban J connectivity index is 1.67. The number of hydrogen-bond donors (Lipinski definition) is 2. The van der Waals surface area contributed by atoms with Crippen LogP contribution in [0.4, 0.5) is 0 Å². The molecule has 2 rings (SSSR count). The van der Waals surface area contributed by atoms with E-state index in [0.29, 0.717) is 0 Å². The van der Waals surface area contributed by atoms with Gasteiger partial charge in [-0.2, -0.15) is 0 Å². The van der Waals surface area contributed by atoms with Crippen molar-refractivity contribution in [2.45, 2.75) is 38.3 Å². The van der Waals surface area contributed by atoms with E-state index in [9.17, 15) is 5.11 Å². The van der Waals surface area contributed by atoms with Crippen LogP contribution in [0.1, 0.15) is 31.4 Å². The number of hydrogen-bond acceptors (Lipinski definition) is 2. The number of aliphatic hydroxyl groups excluding tert-OH is 1. The van der Waals surface area contributed by atoms with E-state index in [2.05, 4.69) is 35.3 Å². The maximum absolute atomic E-state index is 9.42. The molecule has 3 nitrogen and oxygen atoms in total. The molecule has 1 heterocycles. The Labute approximate surface area is 97.5 Å². The summed E-state index contributed by atoms with van der Waals surface area (Å²) in [5, 5.41) is 12.9. The van der Waals surface area contributed by atoms with Crippen LogP contribution in [0.3, 0.4) is 0 Å².